The molecule has 0 radical (unpaired) electrons. The highest BCUT2D eigenvalue weighted by atomic mass is 16.2. The van der Waals surface area contributed by atoms with Crippen LogP contribution in [0, 0.1) is 27.7 Å². The van der Waals surface area contributed by atoms with Gasteiger partial charge < -0.3 is 0 Å². The van der Waals surface area contributed by atoms with E-state index in [0.29, 0.717) is 5.56 Å². The maximum Gasteiger partial charge on any atom is 0.271 e. The van der Waals surface area contributed by atoms with E-state index in [9.17, 15) is 4.79 Å². The molecule has 9 nitrogen and oxygen atoms in total. The van der Waals surface area contributed by atoms with Crippen molar-refractivity contribution in [3.05, 3.63) is 63.7 Å². The molecule has 30 heavy (non-hydrogen) atoms. The molecule has 0 bridgehead atoms. The van der Waals surface area contributed by atoms with E-state index < -0.39 is 0 Å². The molecule has 1 aromatic carbocycles. The van der Waals surface area contributed by atoms with E-state index in [1.54, 1.807) is 41.4 Å². The molecule has 9 heteroatoms. The zero-order valence-corrected chi connectivity index (χ0v) is 18.1. The van der Waals surface area contributed by atoms with E-state index in [2.05, 4.69) is 31.3 Å². The fraction of sp³-hybridized carbons (Fsp3) is 0.286. The van der Waals surface area contributed by atoms with E-state index in [1.165, 1.54) is 0 Å². The monoisotopic (exact) mass is 406 g/mol. The number of carbonyl (C=O) groups excluding carboxylic acids is 1. The van der Waals surface area contributed by atoms with Gasteiger partial charge in [0.15, 0.2) is 0 Å². The van der Waals surface area contributed by atoms with Crippen LogP contribution in [0.5, 0.6) is 0 Å². The maximum absolute atomic E-state index is 12.3. The van der Waals surface area contributed by atoms with Crippen LogP contribution in [-0.4, -0.2) is 37.9 Å². The Kier molecular flexibility index (Phi) is 6.10. The van der Waals surface area contributed by atoms with Gasteiger partial charge >= 0.3 is 0 Å². The van der Waals surface area contributed by atoms with E-state index in [1.807, 2.05) is 46.5 Å². The van der Waals surface area contributed by atoms with Crippen molar-refractivity contribution >= 4 is 24.0 Å². The lowest BCUT2D eigenvalue weighted by Crippen LogP contribution is -2.17. The van der Waals surface area contributed by atoms with Crippen LogP contribution in [0.2, 0.25) is 0 Å². The van der Waals surface area contributed by atoms with Crippen LogP contribution < -0.4 is 10.9 Å². The molecule has 3 aromatic rings. The second-order valence-electron chi connectivity index (χ2n) is 7.06. The Morgan fingerprint density at radius 3 is 1.83 bits per heavy atom. The van der Waals surface area contributed by atoms with Gasteiger partial charge in [0, 0.05) is 42.2 Å². The van der Waals surface area contributed by atoms with E-state index in [-0.39, 0.29) is 5.91 Å². The minimum atomic E-state index is -0.290. The lowest BCUT2D eigenvalue weighted by molar-refractivity contribution is 0.0955. The number of hydrogen-bond donors (Lipinski definition) is 2. The third kappa shape index (κ3) is 4.45. The van der Waals surface area contributed by atoms with E-state index in [0.717, 1.165) is 39.6 Å². The van der Waals surface area contributed by atoms with Crippen molar-refractivity contribution < 1.29 is 4.79 Å². The Bertz CT molecular complexity index is 1120. The molecule has 0 unspecified atom stereocenters. The summed E-state index contributed by atoms with van der Waals surface area (Å²) in [5, 5.41) is 17.0. The molecule has 2 N–H and O–H groups in total. The highest BCUT2D eigenvalue weighted by molar-refractivity contribution is 5.95. The fourth-order valence-electron chi connectivity index (χ4n) is 3.04. The van der Waals surface area contributed by atoms with Gasteiger partial charge in [-0.05, 0) is 52.0 Å². The van der Waals surface area contributed by atoms with Crippen LogP contribution in [-0.2, 0) is 14.1 Å². The Hall–Kier alpha value is -3.75. The molecule has 1 amide bonds. The number of nitrogens with zero attached hydrogens (tertiary/aromatic N) is 6. The van der Waals surface area contributed by atoms with Crippen molar-refractivity contribution in [1.82, 2.24) is 25.0 Å². The standard InChI is InChI=1S/C21H26N8O/c1-13-19(15(3)28(5)26-13)11-22-24-18-9-7-17(8-10-18)21(30)25-23-12-20-14(2)27-29(6)16(20)4/h7-12,24H,1-6H3,(H,25,30)/b22-11+,23-12+. The largest absolute Gasteiger partial charge is 0.279 e. The summed E-state index contributed by atoms with van der Waals surface area (Å²) in [7, 11) is 3.77. The lowest BCUT2D eigenvalue weighted by atomic mass is 10.2. The number of aromatic nitrogens is 4. The van der Waals surface area contributed by atoms with Crippen molar-refractivity contribution in [1.29, 1.82) is 0 Å². The topological polar surface area (TPSA) is 101 Å². The molecule has 0 aliphatic rings. The first-order chi connectivity index (χ1) is 14.3. The van der Waals surface area contributed by atoms with Crippen molar-refractivity contribution in [3.8, 4) is 0 Å². The van der Waals surface area contributed by atoms with Gasteiger partial charge in [0.1, 0.15) is 0 Å². The highest BCUT2D eigenvalue weighted by Crippen LogP contribution is 2.12. The van der Waals surface area contributed by atoms with Crippen molar-refractivity contribution in [2.24, 2.45) is 24.3 Å². The average Bonchev–Trinajstić information content (AvgIpc) is 3.10. The molecular weight excluding hydrogens is 380 g/mol. The zero-order chi connectivity index (χ0) is 21.8. The van der Waals surface area contributed by atoms with Gasteiger partial charge in [0.2, 0.25) is 0 Å². The number of nitrogens with one attached hydrogen (secondary N) is 2. The normalized spacial score (nSPS) is 11.5. The van der Waals surface area contributed by atoms with E-state index in [4.69, 9.17) is 0 Å². The number of hydrogen-bond acceptors (Lipinski definition) is 6. The van der Waals surface area contributed by atoms with Crippen LogP contribution >= 0.6 is 0 Å². The van der Waals surface area contributed by atoms with Crippen LogP contribution in [0.4, 0.5) is 5.69 Å². The third-order valence-electron chi connectivity index (χ3n) is 5.02. The van der Waals surface area contributed by atoms with Crippen LogP contribution in [0.1, 0.15) is 44.3 Å². The van der Waals surface area contributed by atoms with Gasteiger partial charge in [0.25, 0.3) is 5.91 Å². The molecule has 2 heterocycles. The van der Waals surface area contributed by atoms with Crippen LogP contribution in [0.3, 0.4) is 0 Å². The summed E-state index contributed by atoms with van der Waals surface area (Å²) in [5.41, 5.74) is 12.5. The molecular formula is C21H26N8O. The van der Waals surface area contributed by atoms with Gasteiger partial charge in [-0.25, -0.2) is 5.43 Å². The minimum Gasteiger partial charge on any atom is -0.279 e. The predicted molar refractivity (Wildman–Crippen MR) is 118 cm³/mol. The molecule has 0 saturated heterocycles. The Morgan fingerprint density at radius 1 is 0.867 bits per heavy atom. The van der Waals surface area contributed by atoms with Crippen molar-refractivity contribution in [2.45, 2.75) is 27.7 Å². The van der Waals surface area contributed by atoms with Gasteiger partial charge in [-0.1, -0.05) is 0 Å². The first kappa shape index (κ1) is 21.0. The smallest absolute Gasteiger partial charge is 0.271 e. The maximum atomic E-state index is 12.3. The van der Waals surface area contributed by atoms with Gasteiger partial charge in [0.05, 0.1) is 29.5 Å². The quantitative estimate of drug-likeness (QED) is 0.485. The molecule has 3 rings (SSSR count). The number of benzene rings is 1. The van der Waals surface area contributed by atoms with Crippen molar-refractivity contribution in [2.75, 3.05) is 5.43 Å². The predicted octanol–water partition coefficient (Wildman–Crippen LogP) is 2.60. The van der Waals surface area contributed by atoms with Gasteiger partial charge in [-0.15, -0.1) is 0 Å². The number of amides is 1. The SMILES string of the molecule is Cc1nn(C)c(C)c1/C=N/NC(=O)c1ccc(N/N=C/c2c(C)nn(C)c2C)cc1. The summed E-state index contributed by atoms with van der Waals surface area (Å²) in [4.78, 5) is 12.3. The van der Waals surface area contributed by atoms with E-state index >= 15 is 0 Å². The third-order valence-corrected chi connectivity index (χ3v) is 5.02. The second kappa shape index (κ2) is 8.73. The molecule has 156 valence electrons. The average molecular weight is 406 g/mol. The molecule has 0 atom stereocenters. The lowest BCUT2D eigenvalue weighted by Gasteiger charge is -2.03. The molecule has 0 saturated carbocycles. The summed E-state index contributed by atoms with van der Waals surface area (Å²) in [6.45, 7) is 7.80. The number of anilines is 1. The Balaban J connectivity index is 1.59. The fourth-order valence-corrected chi connectivity index (χ4v) is 3.04. The Labute approximate surface area is 175 Å². The highest BCUT2D eigenvalue weighted by Gasteiger charge is 2.08. The molecule has 0 fully saturated rings. The van der Waals surface area contributed by atoms with Crippen LogP contribution in [0.25, 0.3) is 0 Å². The summed E-state index contributed by atoms with van der Waals surface area (Å²) in [6.07, 6.45) is 3.36. The number of rotatable bonds is 6. The first-order valence-corrected chi connectivity index (χ1v) is 9.51. The number of hydrazone groups is 2. The van der Waals surface area contributed by atoms with Crippen LogP contribution in [0.15, 0.2) is 34.5 Å². The van der Waals surface area contributed by atoms with Gasteiger partial charge in [-0.2, -0.15) is 20.4 Å². The second-order valence-corrected chi connectivity index (χ2v) is 7.06. The summed E-state index contributed by atoms with van der Waals surface area (Å²) in [6, 6.07) is 7.00. The number of carbonyl (C=O) groups is 1. The summed E-state index contributed by atoms with van der Waals surface area (Å²) < 4.78 is 3.60. The molecule has 0 aliphatic carbocycles. The summed E-state index contributed by atoms with van der Waals surface area (Å²) >= 11 is 0. The zero-order valence-electron chi connectivity index (χ0n) is 18.1. The van der Waals surface area contributed by atoms with Crippen molar-refractivity contribution in [3.63, 3.8) is 0 Å². The van der Waals surface area contributed by atoms with Gasteiger partial charge in [-0.3, -0.25) is 19.6 Å². The molecule has 0 aliphatic heterocycles. The number of aryl methyl sites for hydroxylation is 4. The Morgan fingerprint density at radius 2 is 1.37 bits per heavy atom. The molecule has 2 aromatic heterocycles. The first-order valence-electron chi connectivity index (χ1n) is 9.51. The minimum absolute atomic E-state index is 0.290. The molecule has 0 spiro atoms. The summed E-state index contributed by atoms with van der Waals surface area (Å²) in [5.74, 6) is -0.290.